The average molecular weight is 200 g/mol. The van der Waals surface area contributed by atoms with Crippen molar-refractivity contribution >= 4 is 0 Å². The molecular formula is C14H16O. The highest BCUT2D eigenvalue weighted by Crippen LogP contribution is 2.19. The van der Waals surface area contributed by atoms with E-state index in [0.717, 1.165) is 29.5 Å². The molecule has 0 aliphatic rings. The maximum atomic E-state index is 9.62. The summed E-state index contributed by atoms with van der Waals surface area (Å²) in [6.45, 7) is 5.86. The van der Waals surface area contributed by atoms with Crippen LogP contribution in [0.4, 0.5) is 0 Å². The van der Waals surface area contributed by atoms with Gasteiger partial charge in [0.25, 0.3) is 0 Å². The lowest BCUT2D eigenvalue weighted by Crippen LogP contribution is -2.00. The lowest BCUT2D eigenvalue weighted by Gasteiger charge is -2.10. The third-order valence-electron chi connectivity index (χ3n) is 2.33. The Morgan fingerprint density at radius 3 is 2.80 bits per heavy atom. The smallest absolute Gasteiger partial charge is 0.140 e. The van der Waals surface area contributed by atoms with Crippen molar-refractivity contribution in [2.24, 2.45) is 0 Å². The van der Waals surface area contributed by atoms with Crippen LogP contribution in [0.5, 0.6) is 0 Å². The van der Waals surface area contributed by atoms with Crippen LogP contribution in [0.2, 0.25) is 0 Å². The molecule has 1 aromatic carbocycles. The molecule has 0 amide bonds. The summed E-state index contributed by atoms with van der Waals surface area (Å²) in [4.78, 5) is 0. The molecule has 0 spiro atoms. The molecule has 1 nitrogen and oxygen atoms in total. The van der Waals surface area contributed by atoms with Crippen LogP contribution < -0.4 is 0 Å². The van der Waals surface area contributed by atoms with Crippen molar-refractivity contribution < 1.29 is 5.11 Å². The summed E-state index contributed by atoms with van der Waals surface area (Å²) in [5, 5.41) is 9.62. The molecule has 15 heavy (non-hydrogen) atoms. The third kappa shape index (κ3) is 3.27. The molecule has 0 bridgehead atoms. The quantitative estimate of drug-likeness (QED) is 0.585. The fourth-order valence-electron chi connectivity index (χ4n) is 1.47. The van der Waals surface area contributed by atoms with Gasteiger partial charge in [0.15, 0.2) is 0 Å². The van der Waals surface area contributed by atoms with Gasteiger partial charge in [0.1, 0.15) is 6.10 Å². The van der Waals surface area contributed by atoms with Crippen LogP contribution in [0.15, 0.2) is 36.4 Å². The van der Waals surface area contributed by atoms with Crippen LogP contribution in [0.1, 0.15) is 30.6 Å². The molecule has 0 saturated heterocycles. The highest BCUT2D eigenvalue weighted by atomic mass is 16.3. The fourth-order valence-corrected chi connectivity index (χ4v) is 1.47. The van der Waals surface area contributed by atoms with Crippen LogP contribution in [-0.4, -0.2) is 5.11 Å². The summed E-state index contributed by atoms with van der Waals surface area (Å²) in [5.74, 6) is 2.34. The standard InChI is InChI=1S/C14H16O/c1-4-14(15)13-8-6-5-7-12(13)10-9-11(2)3/h1,5-8,14-15H,2,9-10H2,3H3. The van der Waals surface area contributed by atoms with Gasteiger partial charge in [0.05, 0.1) is 0 Å². The Balaban J connectivity index is 2.87. The Morgan fingerprint density at radius 2 is 2.20 bits per heavy atom. The second-order valence-corrected chi connectivity index (χ2v) is 3.73. The van der Waals surface area contributed by atoms with Crippen LogP contribution in [0.3, 0.4) is 0 Å². The second kappa shape index (κ2) is 5.38. The second-order valence-electron chi connectivity index (χ2n) is 3.73. The number of rotatable bonds is 4. The molecular weight excluding hydrogens is 184 g/mol. The molecule has 0 fully saturated rings. The number of aliphatic hydroxyl groups is 1. The first-order valence-electron chi connectivity index (χ1n) is 5.01. The number of aryl methyl sites for hydroxylation is 1. The summed E-state index contributed by atoms with van der Waals surface area (Å²) in [5.41, 5.74) is 3.08. The Hall–Kier alpha value is -1.52. The maximum Gasteiger partial charge on any atom is 0.140 e. The molecule has 0 saturated carbocycles. The molecule has 1 unspecified atom stereocenters. The van der Waals surface area contributed by atoms with Crippen molar-refractivity contribution in [3.63, 3.8) is 0 Å². The van der Waals surface area contributed by atoms with E-state index in [4.69, 9.17) is 6.42 Å². The zero-order valence-corrected chi connectivity index (χ0v) is 9.03. The first-order chi connectivity index (χ1) is 7.15. The lowest BCUT2D eigenvalue weighted by molar-refractivity contribution is 0.237. The van der Waals surface area contributed by atoms with Crippen LogP contribution in [0.25, 0.3) is 0 Å². The van der Waals surface area contributed by atoms with Gasteiger partial charge in [0, 0.05) is 0 Å². The van der Waals surface area contributed by atoms with E-state index >= 15 is 0 Å². The Bertz CT molecular complexity index is 385. The predicted octanol–water partition coefficient (Wildman–Crippen LogP) is 2.86. The summed E-state index contributed by atoms with van der Waals surface area (Å²) in [7, 11) is 0. The maximum absolute atomic E-state index is 9.62. The summed E-state index contributed by atoms with van der Waals surface area (Å²) in [6.07, 6.45) is 6.22. The van der Waals surface area contributed by atoms with E-state index in [0.29, 0.717) is 0 Å². The fraction of sp³-hybridized carbons (Fsp3) is 0.286. The van der Waals surface area contributed by atoms with Gasteiger partial charge in [-0.15, -0.1) is 13.0 Å². The van der Waals surface area contributed by atoms with Crippen LogP contribution in [-0.2, 0) is 6.42 Å². The van der Waals surface area contributed by atoms with E-state index < -0.39 is 6.10 Å². The van der Waals surface area contributed by atoms with Gasteiger partial charge in [-0.05, 0) is 30.9 Å². The molecule has 1 rings (SSSR count). The molecule has 1 N–H and O–H groups in total. The van der Waals surface area contributed by atoms with E-state index in [9.17, 15) is 5.11 Å². The van der Waals surface area contributed by atoms with Crippen molar-refractivity contribution in [1.29, 1.82) is 0 Å². The van der Waals surface area contributed by atoms with Crippen molar-refractivity contribution in [3.8, 4) is 12.3 Å². The molecule has 0 heterocycles. The Kier molecular flexibility index (Phi) is 4.15. The number of aliphatic hydroxyl groups excluding tert-OH is 1. The number of terminal acetylenes is 1. The Morgan fingerprint density at radius 1 is 1.53 bits per heavy atom. The van der Waals surface area contributed by atoms with E-state index in [1.54, 1.807) is 0 Å². The summed E-state index contributed by atoms with van der Waals surface area (Å²) in [6, 6.07) is 7.72. The number of hydrogen-bond acceptors (Lipinski definition) is 1. The topological polar surface area (TPSA) is 20.2 Å². The molecule has 1 atom stereocenters. The van der Waals surface area contributed by atoms with Gasteiger partial charge in [-0.1, -0.05) is 35.8 Å². The first-order valence-corrected chi connectivity index (χ1v) is 5.01. The number of hydrogen-bond donors (Lipinski definition) is 1. The molecule has 0 aliphatic carbocycles. The largest absolute Gasteiger partial charge is 0.376 e. The minimum atomic E-state index is -0.800. The van der Waals surface area contributed by atoms with Gasteiger partial charge in [-0.2, -0.15) is 0 Å². The molecule has 1 aromatic rings. The molecule has 1 heteroatoms. The molecule has 78 valence electrons. The molecule has 0 radical (unpaired) electrons. The van der Waals surface area contributed by atoms with E-state index in [-0.39, 0.29) is 0 Å². The normalized spacial score (nSPS) is 11.8. The predicted molar refractivity (Wildman–Crippen MR) is 63.4 cm³/mol. The van der Waals surface area contributed by atoms with E-state index in [1.165, 1.54) is 0 Å². The highest BCUT2D eigenvalue weighted by molar-refractivity contribution is 5.33. The zero-order valence-electron chi connectivity index (χ0n) is 9.03. The monoisotopic (exact) mass is 200 g/mol. The Labute approximate surface area is 91.5 Å². The SMILES string of the molecule is C#CC(O)c1ccccc1CCC(=C)C. The van der Waals surface area contributed by atoms with Gasteiger partial charge in [0.2, 0.25) is 0 Å². The summed E-state index contributed by atoms with van der Waals surface area (Å²) < 4.78 is 0. The molecule has 0 aliphatic heterocycles. The highest BCUT2D eigenvalue weighted by Gasteiger charge is 2.08. The third-order valence-corrected chi connectivity index (χ3v) is 2.33. The first kappa shape index (κ1) is 11.6. The minimum Gasteiger partial charge on any atom is -0.376 e. The van der Waals surface area contributed by atoms with Crippen molar-refractivity contribution in [1.82, 2.24) is 0 Å². The summed E-state index contributed by atoms with van der Waals surface area (Å²) >= 11 is 0. The van der Waals surface area contributed by atoms with Crippen molar-refractivity contribution in [3.05, 3.63) is 47.5 Å². The zero-order chi connectivity index (χ0) is 11.3. The lowest BCUT2D eigenvalue weighted by atomic mass is 9.97. The number of benzene rings is 1. The average Bonchev–Trinajstić information content (AvgIpc) is 2.25. The van der Waals surface area contributed by atoms with Gasteiger partial charge in [-0.3, -0.25) is 0 Å². The van der Waals surface area contributed by atoms with Crippen molar-refractivity contribution in [2.45, 2.75) is 25.9 Å². The van der Waals surface area contributed by atoms with Crippen LogP contribution in [0, 0.1) is 12.3 Å². The number of allylic oxidation sites excluding steroid dienone is 1. The van der Waals surface area contributed by atoms with Gasteiger partial charge < -0.3 is 5.11 Å². The van der Waals surface area contributed by atoms with E-state index in [1.807, 2.05) is 31.2 Å². The van der Waals surface area contributed by atoms with Crippen molar-refractivity contribution in [2.75, 3.05) is 0 Å². The van der Waals surface area contributed by atoms with E-state index in [2.05, 4.69) is 12.5 Å². The van der Waals surface area contributed by atoms with Gasteiger partial charge in [-0.25, -0.2) is 0 Å². The molecule has 0 aromatic heterocycles. The van der Waals surface area contributed by atoms with Gasteiger partial charge >= 0.3 is 0 Å². The minimum absolute atomic E-state index is 0.800. The van der Waals surface area contributed by atoms with Crippen LogP contribution >= 0.6 is 0 Å².